The normalized spacial score (nSPS) is 18.3. The van der Waals surface area contributed by atoms with Crippen LogP contribution in [0.15, 0.2) is 48.0 Å². The number of hydrogen-bond donors (Lipinski definition) is 2. The average molecular weight is 416 g/mol. The Morgan fingerprint density at radius 2 is 1.86 bits per heavy atom. The largest absolute Gasteiger partial charge is 0.507 e. The number of ketones is 1. The second kappa shape index (κ2) is 8.57. The summed E-state index contributed by atoms with van der Waals surface area (Å²) in [5.74, 6) is -1.51. The van der Waals surface area contributed by atoms with Gasteiger partial charge >= 0.3 is 0 Å². The lowest BCUT2D eigenvalue weighted by Crippen LogP contribution is -2.30. The predicted octanol–water partition coefficient (Wildman–Crippen LogP) is 4.28. The minimum Gasteiger partial charge on any atom is -0.507 e. The number of methoxy groups -OCH3 is 1. The van der Waals surface area contributed by atoms with E-state index in [2.05, 4.69) is 0 Å². The quantitative estimate of drug-likeness (QED) is 0.418. The lowest BCUT2D eigenvalue weighted by atomic mass is 9.95. The van der Waals surface area contributed by atoms with Crippen molar-refractivity contribution in [1.29, 1.82) is 0 Å². The summed E-state index contributed by atoms with van der Waals surface area (Å²) < 4.78 is 5.18. The summed E-state index contributed by atoms with van der Waals surface area (Å²) in [6.07, 6.45) is 1.55. The van der Waals surface area contributed by atoms with E-state index in [0.29, 0.717) is 29.1 Å². The molecule has 6 nitrogen and oxygen atoms in total. The van der Waals surface area contributed by atoms with Crippen LogP contribution in [0.3, 0.4) is 0 Å². The Morgan fingerprint density at radius 1 is 1.17 bits per heavy atom. The van der Waals surface area contributed by atoms with Crippen molar-refractivity contribution in [3.8, 4) is 11.5 Å². The van der Waals surface area contributed by atoms with Crippen LogP contribution in [0.5, 0.6) is 11.5 Å². The number of carbonyl (C=O) groups excluding carboxylic acids is 2. The van der Waals surface area contributed by atoms with Gasteiger partial charge in [-0.1, -0.05) is 31.0 Å². The number of hydrogen-bond acceptors (Lipinski definition) is 5. The number of nitrogens with zero attached hydrogens (tertiary/aromatic N) is 1. The first kappa shape index (κ1) is 20.7. The number of aromatic hydroxyl groups is 1. The molecule has 1 aliphatic rings. The van der Waals surface area contributed by atoms with Crippen LogP contribution in [0.2, 0.25) is 5.02 Å². The molecule has 2 N–H and O–H groups in total. The fraction of sp³-hybridized carbons (Fsp3) is 0.273. The maximum atomic E-state index is 12.8. The number of halogens is 1. The lowest BCUT2D eigenvalue weighted by Gasteiger charge is -2.25. The zero-order chi connectivity index (χ0) is 21.1. The molecule has 0 unspecified atom stereocenters. The van der Waals surface area contributed by atoms with E-state index in [-0.39, 0.29) is 22.8 Å². The van der Waals surface area contributed by atoms with Crippen LogP contribution in [0.1, 0.15) is 36.9 Å². The molecule has 7 heteroatoms. The van der Waals surface area contributed by atoms with Crippen molar-refractivity contribution >= 4 is 29.1 Å². The molecule has 0 spiro atoms. The molecule has 29 heavy (non-hydrogen) atoms. The van der Waals surface area contributed by atoms with Crippen LogP contribution in [0.25, 0.3) is 5.76 Å². The molecule has 1 fully saturated rings. The number of benzene rings is 2. The second-order valence-corrected chi connectivity index (χ2v) is 7.22. The number of Topliss-reactive ketones (excluding diaryl/α,β-unsaturated/α-hetero) is 1. The van der Waals surface area contributed by atoms with E-state index in [1.54, 1.807) is 36.4 Å². The number of aliphatic hydroxyl groups is 1. The third-order valence-corrected chi connectivity index (χ3v) is 5.18. The molecule has 0 aromatic heterocycles. The smallest absolute Gasteiger partial charge is 0.295 e. The average Bonchev–Trinajstić information content (AvgIpc) is 2.97. The van der Waals surface area contributed by atoms with Gasteiger partial charge in [-0.3, -0.25) is 9.59 Å². The van der Waals surface area contributed by atoms with Crippen molar-refractivity contribution in [3.63, 3.8) is 0 Å². The third kappa shape index (κ3) is 3.93. The van der Waals surface area contributed by atoms with Crippen molar-refractivity contribution < 1.29 is 24.5 Å². The highest BCUT2D eigenvalue weighted by atomic mass is 35.5. The van der Waals surface area contributed by atoms with Gasteiger partial charge in [-0.15, -0.1) is 0 Å². The number of carbonyl (C=O) groups is 2. The molecular formula is C22H22ClNO5. The molecular weight excluding hydrogens is 394 g/mol. The Bertz CT molecular complexity index is 968. The monoisotopic (exact) mass is 415 g/mol. The molecule has 0 saturated carbocycles. The highest BCUT2D eigenvalue weighted by molar-refractivity contribution is 6.46. The molecule has 2 aromatic carbocycles. The van der Waals surface area contributed by atoms with Gasteiger partial charge in [0.05, 0.1) is 18.7 Å². The van der Waals surface area contributed by atoms with Gasteiger partial charge in [-0.05, 0) is 48.4 Å². The molecule has 152 valence electrons. The Kier molecular flexibility index (Phi) is 6.13. The fourth-order valence-electron chi connectivity index (χ4n) is 3.41. The molecule has 1 heterocycles. The fourth-order valence-corrected chi connectivity index (χ4v) is 3.54. The number of ether oxygens (including phenoxy) is 1. The second-order valence-electron chi connectivity index (χ2n) is 6.78. The number of aliphatic hydroxyl groups excluding tert-OH is 1. The van der Waals surface area contributed by atoms with Gasteiger partial charge in [0, 0.05) is 17.1 Å². The lowest BCUT2D eigenvalue weighted by molar-refractivity contribution is -0.139. The molecule has 0 bridgehead atoms. The standard InChI is InChI=1S/C22H22ClNO5/c1-3-4-11-24-19(14-7-10-16(25)17(12-14)29-2)18(21(27)22(24)28)20(26)13-5-8-15(23)9-6-13/h5-10,12,19,25-26H,3-4,11H2,1-2H3/b20-18+/t19-/m1/s1. The van der Waals surface area contributed by atoms with E-state index in [9.17, 15) is 19.8 Å². The molecule has 0 radical (unpaired) electrons. The Labute approximate surface area is 174 Å². The topological polar surface area (TPSA) is 87.1 Å². The van der Waals surface area contributed by atoms with Gasteiger partial charge in [0.2, 0.25) is 0 Å². The van der Waals surface area contributed by atoms with Crippen LogP contribution in [-0.2, 0) is 9.59 Å². The molecule has 0 aliphatic carbocycles. The number of phenols is 1. The van der Waals surface area contributed by atoms with Gasteiger partial charge in [0.25, 0.3) is 11.7 Å². The van der Waals surface area contributed by atoms with Gasteiger partial charge in [-0.2, -0.15) is 0 Å². The maximum Gasteiger partial charge on any atom is 0.295 e. The van der Waals surface area contributed by atoms with E-state index in [1.807, 2.05) is 6.92 Å². The van der Waals surface area contributed by atoms with Gasteiger partial charge in [-0.25, -0.2) is 0 Å². The number of unbranched alkanes of at least 4 members (excludes halogenated alkanes) is 1. The summed E-state index contributed by atoms with van der Waals surface area (Å²) in [7, 11) is 1.42. The number of amides is 1. The first-order chi connectivity index (χ1) is 13.9. The first-order valence-corrected chi connectivity index (χ1v) is 9.68. The molecule has 2 aromatic rings. The number of rotatable bonds is 6. The maximum absolute atomic E-state index is 12.8. The van der Waals surface area contributed by atoms with E-state index in [1.165, 1.54) is 18.1 Å². The van der Waals surface area contributed by atoms with Crippen molar-refractivity contribution in [2.45, 2.75) is 25.8 Å². The van der Waals surface area contributed by atoms with Crippen LogP contribution in [0, 0.1) is 0 Å². The summed E-state index contributed by atoms with van der Waals surface area (Å²) in [5.41, 5.74) is 0.949. The highest BCUT2D eigenvalue weighted by Gasteiger charge is 2.45. The Morgan fingerprint density at radius 3 is 2.48 bits per heavy atom. The zero-order valence-corrected chi connectivity index (χ0v) is 16.9. The molecule has 3 rings (SSSR count). The molecule has 1 aliphatic heterocycles. The SMILES string of the molecule is CCCCN1C(=O)C(=O)/C(=C(/O)c2ccc(Cl)cc2)[C@H]1c1ccc(O)c(OC)c1. The summed E-state index contributed by atoms with van der Waals surface area (Å²) in [4.78, 5) is 27.1. The summed E-state index contributed by atoms with van der Waals surface area (Å²) in [6.45, 7) is 2.36. The van der Waals surface area contributed by atoms with Crippen LogP contribution in [-0.4, -0.2) is 40.5 Å². The predicted molar refractivity (Wildman–Crippen MR) is 110 cm³/mol. The van der Waals surface area contributed by atoms with Gasteiger partial charge in [0.15, 0.2) is 11.5 Å². The Balaban J connectivity index is 2.18. The molecule has 1 saturated heterocycles. The van der Waals surface area contributed by atoms with E-state index in [4.69, 9.17) is 16.3 Å². The van der Waals surface area contributed by atoms with Crippen molar-refractivity contribution in [3.05, 3.63) is 64.2 Å². The summed E-state index contributed by atoms with van der Waals surface area (Å²) in [6, 6.07) is 10.2. The number of likely N-dealkylation sites (tertiary alicyclic amines) is 1. The van der Waals surface area contributed by atoms with E-state index >= 15 is 0 Å². The molecule has 1 atom stereocenters. The Hall–Kier alpha value is -2.99. The van der Waals surface area contributed by atoms with E-state index < -0.39 is 17.7 Å². The van der Waals surface area contributed by atoms with Gasteiger partial charge in [0.1, 0.15) is 5.76 Å². The third-order valence-electron chi connectivity index (χ3n) is 4.93. The van der Waals surface area contributed by atoms with Crippen LogP contribution in [0.4, 0.5) is 0 Å². The zero-order valence-electron chi connectivity index (χ0n) is 16.2. The van der Waals surface area contributed by atoms with E-state index in [0.717, 1.165) is 6.42 Å². The number of phenolic OH excluding ortho intramolecular Hbond substituents is 1. The van der Waals surface area contributed by atoms with Crippen molar-refractivity contribution in [2.24, 2.45) is 0 Å². The summed E-state index contributed by atoms with van der Waals surface area (Å²) >= 11 is 5.92. The first-order valence-electron chi connectivity index (χ1n) is 9.30. The van der Waals surface area contributed by atoms with Crippen LogP contribution >= 0.6 is 11.6 Å². The minimum absolute atomic E-state index is 0.00108. The molecule has 1 amide bonds. The minimum atomic E-state index is -0.785. The van der Waals surface area contributed by atoms with Gasteiger partial charge < -0.3 is 19.8 Å². The van der Waals surface area contributed by atoms with Crippen molar-refractivity contribution in [1.82, 2.24) is 4.90 Å². The van der Waals surface area contributed by atoms with Crippen LogP contribution < -0.4 is 4.74 Å². The van der Waals surface area contributed by atoms with Crippen molar-refractivity contribution in [2.75, 3.05) is 13.7 Å². The highest BCUT2D eigenvalue weighted by Crippen LogP contribution is 2.41. The summed E-state index contributed by atoms with van der Waals surface area (Å²) in [5, 5.41) is 21.3.